The van der Waals surface area contributed by atoms with Gasteiger partial charge >= 0.3 is 11.7 Å². The molecule has 0 N–H and O–H groups in total. The number of nitro benzene ring substituents is 1. The number of carbonyl (C=O) groups excluding carboxylic acids is 1. The highest BCUT2D eigenvalue weighted by Gasteiger charge is 2.15. The molecule has 0 saturated carbocycles. The van der Waals surface area contributed by atoms with Crippen molar-refractivity contribution in [3.63, 3.8) is 0 Å². The largest absolute Gasteiger partial charge is 0.466 e. The molecule has 0 saturated heterocycles. The fourth-order valence-electron chi connectivity index (χ4n) is 1.26. The SMILES string of the molecule is COCOc1ccc(C=CC(=O)OC)cc1[N+](=O)[O-]. The van der Waals surface area contributed by atoms with Crippen LogP contribution in [-0.4, -0.2) is 31.9 Å². The average Bonchev–Trinajstić information content (AvgIpc) is 2.42. The van der Waals surface area contributed by atoms with Crippen molar-refractivity contribution in [3.05, 3.63) is 40.0 Å². The third kappa shape index (κ3) is 4.40. The van der Waals surface area contributed by atoms with Crippen molar-refractivity contribution in [3.8, 4) is 5.75 Å². The first kappa shape index (κ1) is 14.7. The Hall–Kier alpha value is -2.41. The summed E-state index contributed by atoms with van der Waals surface area (Å²) in [4.78, 5) is 21.3. The molecule has 0 atom stereocenters. The van der Waals surface area contributed by atoms with Crippen LogP contribution in [0.5, 0.6) is 5.75 Å². The van der Waals surface area contributed by atoms with E-state index in [1.807, 2.05) is 0 Å². The zero-order valence-corrected chi connectivity index (χ0v) is 10.5. The molecular weight excluding hydrogens is 254 g/mol. The Kier molecular flexibility index (Phi) is 5.49. The number of hydrogen-bond donors (Lipinski definition) is 0. The lowest BCUT2D eigenvalue weighted by Crippen LogP contribution is -2.02. The number of hydrogen-bond acceptors (Lipinski definition) is 6. The maximum Gasteiger partial charge on any atom is 0.330 e. The smallest absolute Gasteiger partial charge is 0.330 e. The van der Waals surface area contributed by atoms with Crippen LogP contribution < -0.4 is 4.74 Å². The number of nitro groups is 1. The van der Waals surface area contributed by atoms with E-state index in [9.17, 15) is 14.9 Å². The third-order valence-electron chi connectivity index (χ3n) is 2.13. The van der Waals surface area contributed by atoms with E-state index in [4.69, 9.17) is 4.74 Å². The van der Waals surface area contributed by atoms with Crippen molar-refractivity contribution in [2.45, 2.75) is 0 Å². The fraction of sp³-hybridized carbons (Fsp3) is 0.250. The van der Waals surface area contributed by atoms with Gasteiger partial charge in [-0.2, -0.15) is 0 Å². The molecule has 1 rings (SSSR count). The molecule has 7 nitrogen and oxygen atoms in total. The van der Waals surface area contributed by atoms with Gasteiger partial charge in [-0.05, 0) is 17.7 Å². The second-order valence-electron chi connectivity index (χ2n) is 3.39. The molecule has 0 spiro atoms. The standard InChI is InChI=1S/C12H13NO6/c1-17-8-19-11-5-3-9(4-6-12(14)18-2)7-10(11)13(15)16/h3-7H,8H2,1-2H3. The van der Waals surface area contributed by atoms with E-state index in [1.54, 1.807) is 6.07 Å². The molecule has 0 aliphatic rings. The number of ether oxygens (including phenoxy) is 3. The number of methoxy groups -OCH3 is 2. The van der Waals surface area contributed by atoms with Crippen LogP contribution in [0.25, 0.3) is 6.08 Å². The van der Waals surface area contributed by atoms with Gasteiger partial charge in [0.2, 0.25) is 0 Å². The van der Waals surface area contributed by atoms with Crippen LogP contribution in [0.2, 0.25) is 0 Å². The summed E-state index contributed by atoms with van der Waals surface area (Å²) in [6, 6.07) is 4.32. The van der Waals surface area contributed by atoms with E-state index in [2.05, 4.69) is 9.47 Å². The Morgan fingerprint density at radius 3 is 2.74 bits per heavy atom. The molecule has 19 heavy (non-hydrogen) atoms. The van der Waals surface area contributed by atoms with Crippen LogP contribution in [0, 0.1) is 10.1 Å². The first-order chi connectivity index (χ1) is 9.08. The predicted molar refractivity (Wildman–Crippen MR) is 66.7 cm³/mol. The lowest BCUT2D eigenvalue weighted by molar-refractivity contribution is -0.386. The van der Waals surface area contributed by atoms with Crippen LogP contribution >= 0.6 is 0 Å². The molecule has 7 heteroatoms. The summed E-state index contributed by atoms with van der Waals surface area (Å²) in [5.41, 5.74) is 0.283. The number of rotatable bonds is 6. The quantitative estimate of drug-likeness (QED) is 0.256. The van der Waals surface area contributed by atoms with Crippen molar-refractivity contribution in [2.24, 2.45) is 0 Å². The van der Waals surface area contributed by atoms with Gasteiger partial charge in [-0.15, -0.1) is 0 Å². The Bertz CT molecular complexity index is 497. The van der Waals surface area contributed by atoms with Crippen LogP contribution in [-0.2, 0) is 14.3 Å². The van der Waals surface area contributed by atoms with Crippen molar-refractivity contribution in [1.29, 1.82) is 0 Å². The summed E-state index contributed by atoms with van der Waals surface area (Å²) >= 11 is 0. The van der Waals surface area contributed by atoms with Gasteiger partial charge in [0.05, 0.1) is 12.0 Å². The molecule has 0 aliphatic carbocycles. The summed E-state index contributed by atoms with van der Waals surface area (Å²) in [6.07, 6.45) is 2.59. The summed E-state index contributed by atoms with van der Waals surface area (Å²) in [7, 11) is 2.66. The minimum atomic E-state index is -0.569. The van der Waals surface area contributed by atoms with Gasteiger partial charge in [0, 0.05) is 19.3 Å². The van der Waals surface area contributed by atoms with E-state index in [-0.39, 0.29) is 18.2 Å². The molecule has 102 valence electrons. The van der Waals surface area contributed by atoms with Crippen molar-refractivity contribution in [2.75, 3.05) is 21.0 Å². The van der Waals surface area contributed by atoms with E-state index in [1.165, 1.54) is 38.5 Å². The molecule has 0 bridgehead atoms. The van der Waals surface area contributed by atoms with Crippen LogP contribution in [0.4, 0.5) is 5.69 Å². The maximum absolute atomic E-state index is 10.9. The Balaban J connectivity index is 2.98. The highest BCUT2D eigenvalue weighted by atomic mass is 16.7. The molecule has 0 aromatic heterocycles. The zero-order valence-electron chi connectivity index (χ0n) is 10.5. The summed E-state index contributed by atoms with van der Waals surface area (Å²) < 4.78 is 14.2. The second-order valence-corrected chi connectivity index (χ2v) is 3.39. The highest BCUT2D eigenvalue weighted by molar-refractivity contribution is 5.87. The van der Waals surface area contributed by atoms with Gasteiger partial charge in [-0.25, -0.2) is 4.79 Å². The number of benzene rings is 1. The molecular formula is C12H13NO6. The van der Waals surface area contributed by atoms with E-state index in [0.717, 1.165) is 0 Å². The summed E-state index contributed by atoms with van der Waals surface area (Å²) in [5.74, 6) is -0.440. The molecule has 0 fully saturated rings. The summed E-state index contributed by atoms with van der Waals surface area (Å²) in [5, 5.41) is 10.9. The Morgan fingerprint density at radius 1 is 1.42 bits per heavy atom. The van der Waals surface area contributed by atoms with Gasteiger partial charge in [-0.1, -0.05) is 6.07 Å². The second kappa shape index (κ2) is 7.12. The molecule has 0 unspecified atom stereocenters. The van der Waals surface area contributed by atoms with Gasteiger partial charge in [0.25, 0.3) is 0 Å². The first-order valence-corrected chi connectivity index (χ1v) is 5.24. The van der Waals surface area contributed by atoms with Gasteiger partial charge in [0.15, 0.2) is 12.5 Å². The Morgan fingerprint density at radius 2 is 2.16 bits per heavy atom. The Labute approximate surface area is 109 Å². The number of nitrogens with zero attached hydrogens (tertiary/aromatic N) is 1. The number of esters is 1. The van der Waals surface area contributed by atoms with Gasteiger partial charge < -0.3 is 14.2 Å². The minimum Gasteiger partial charge on any atom is -0.466 e. The third-order valence-corrected chi connectivity index (χ3v) is 2.13. The topological polar surface area (TPSA) is 87.9 Å². The fourth-order valence-corrected chi connectivity index (χ4v) is 1.26. The monoisotopic (exact) mass is 267 g/mol. The predicted octanol–water partition coefficient (Wildman–Crippen LogP) is 1.76. The average molecular weight is 267 g/mol. The molecule has 1 aromatic carbocycles. The molecule has 0 heterocycles. The van der Waals surface area contributed by atoms with E-state index >= 15 is 0 Å². The lowest BCUT2D eigenvalue weighted by atomic mass is 10.1. The lowest BCUT2D eigenvalue weighted by Gasteiger charge is -2.05. The van der Waals surface area contributed by atoms with Crippen molar-refractivity contribution in [1.82, 2.24) is 0 Å². The summed E-state index contributed by atoms with van der Waals surface area (Å²) in [6.45, 7) is -0.0851. The van der Waals surface area contributed by atoms with E-state index in [0.29, 0.717) is 5.56 Å². The maximum atomic E-state index is 10.9. The molecule has 0 amide bonds. The highest BCUT2D eigenvalue weighted by Crippen LogP contribution is 2.28. The molecule has 0 radical (unpaired) electrons. The minimum absolute atomic E-state index is 0.0851. The van der Waals surface area contributed by atoms with E-state index < -0.39 is 10.9 Å². The number of carbonyl (C=O) groups is 1. The zero-order chi connectivity index (χ0) is 14.3. The first-order valence-electron chi connectivity index (χ1n) is 5.24. The van der Waals surface area contributed by atoms with Gasteiger partial charge in [-0.3, -0.25) is 10.1 Å². The molecule has 1 aromatic rings. The molecule has 0 aliphatic heterocycles. The van der Waals surface area contributed by atoms with Crippen molar-refractivity contribution >= 4 is 17.7 Å². The van der Waals surface area contributed by atoms with Crippen LogP contribution in [0.15, 0.2) is 24.3 Å². The van der Waals surface area contributed by atoms with Crippen molar-refractivity contribution < 1.29 is 23.9 Å². The van der Waals surface area contributed by atoms with Crippen LogP contribution in [0.3, 0.4) is 0 Å². The normalized spacial score (nSPS) is 10.4. The van der Waals surface area contributed by atoms with Gasteiger partial charge in [0.1, 0.15) is 0 Å². The van der Waals surface area contributed by atoms with Crippen LogP contribution in [0.1, 0.15) is 5.56 Å².